The number of aromatic nitrogens is 3. The standard InChI is InChI=1S/C16H20FN3S/c1-20-15(13-7-3-2-4-8-13)18-19-16(20)21-11-12-6-5-9-14(17)10-12/h5-6,9-10,13H,2-4,7-8,11H2,1H3. The normalized spacial score (nSPS) is 16.3. The Morgan fingerprint density at radius 1 is 1.24 bits per heavy atom. The smallest absolute Gasteiger partial charge is 0.191 e. The topological polar surface area (TPSA) is 30.7 Å². The highest BCUT2D eigenvalue weighted by Gasteiger charge is 2.21. The molecular weight excluding hydrogens is 285 g/mol. The first-order valence-corrected chi connectivity index (χ1v) is 8.49. The van der Waals surface area contributed by atoms with E-state index < -0.39 is 0 Å². The van der Waals surface area contributed by atoms with Crippen molar-refractivity contribution in [3.05, 3.63) is 41.5 Å². The second kappa shape index (κ2) is 6.60. The zero-order valence-corrected chi connectivity index (χ0v) is 13.1. The molecule has 2 aromatic rings. The van der Waals surface area contributed by atoms with Crippen LogP contribution in [0.5, 0.6) is 0 Å². The number of thioether (sulfide) groups is 1. The van der Waals surface area contributed by atoms with Crippen LogP contribution in [0, 0.1) is 5.82 Å². The van der Waals surface area contributed by atoms with E-state index in [1.807, 2.05) is 13.1 Å². The maximum absolute atomic E-state index is 13.2. The van der Waals surface area contributed by atoms with Crippen LogP contribution in [-0.2, 0) is 12.8 Å². The van der Waals surface area contributed by atoms with Crippen LogP contribution in [0.2, 0.25) is 0 Å². The number of hydrogen-bond acceptors (Lipinski definition) is 3. The van der Waals surface area contributed by atoms with Crippen molar-refractivity contribution in [2.45, 2.75) is 48.9 Å². The van der Waals surface area contributed by atoms with Gasteiger partial charge in [0.2, 0.25) is 0 Å². The minimum absolute atomic E-state index is 0.186. The highest BCUT2D eigenvalue weighted by molar-refractivity contribution is 7.98. The fraction of sp³-hybridized carbons (Fsp3) is 0.500. The van der Waals surface area contributed by atoms with E-state index in [-0.39, 0.29) is 5.82 Å². The maximum Gasteiger partial charge on any atom is 0.191 e. The molecule has 0 amide bonds. The van der Waals surface area contributed by atoms with E-state index >= 15 is 0 Å². The Bertz CT molecular complexity index is 605. The lowest BCUT2D eigenvalue weighted by molar-refractivity contribution is 0.418. The van der Waals surface area contributed by atoms with Crippen LogP contribution in [0.1, 0.15) is 49.4 Å². The molecule has 3 nitrogen and oxygen atoms in total. The van der Waals surface area contributed by atoms with Gasteiger partial charge in [-0.2, -0.15) is 0 Å². The van der Waals surface area contributed by atoms with Gasteiger partial charge in [0.15, 0.2) is 5.16 Å². The van der Waals surface area contributed by atoms with Gasteiger partial charge in [0.25, 0.3) is 0 Å². The minimum Gasteiger partial charge on any atom is -0.309 e. The van der Waals surface area contributed by atoms with Gasteiger partial charge in [-0.05, 0) is 30.5 Å². The monoisotopic (exact) mass is 305 g/mol. The van der Waals surface area contributed by atoms with Gasteiger partial charge in [-0.25, -0.2) is 4.39 Å². The summed E-state index contributed by atoms with van der Waals surface area (Å²) in [5.41, 5.74) is 0.974. The largest absolute Gasteiger partial charge is 0.309 e. The lowest BCUT2D eigenvalue weighted by atomic mass is 9.89. The summed E-state index contributed by atoms with van der Waals surface area (Å²) in [5.74, 6) is 2.19. The van der Waals surface area contributed by atoms with Crippen molar-refractivity contribution in [2.75, 3.05) is 0 Å². The molecule has 0 saturated heterocycles. The lowest BCUT2D eigenvalue weighted by Gasteiger charge is -2.20. The van der Waals surface area contributed by atoms with E-state index in [2.05, 4.69) is 14.8 Å². The van der Waals surface area contributed by atoms with E-state index in [1.165, 1.54) is 38.2 Å². The highest BCUT2D eigenvalue weighted by Crippen LogP contribution is 2.33. The fourth-order valence-corrected chi connectivity index (χ4v) is 3.80. The Kier molecular flexibility index (Phi) is 4.58. The van der Waals surface area contributed by atoms with Crippen molar-refractivity contribution in [1.82, 2.24) is 14.8 Å². The predicted molar refractivity (Wildman–Crippen MR) is 82.8 cm³/mol. The van der Waals surface area contributed by atoms with E-state index in [4.69, 9.17) is 0 Å². The van der Waals surface area contributed by atoms with Crippen molar-refractivity contribution < 1.29 is 4.39 Å². The number of hydrogen-bond donors (Lipinski definition) is 0. The first-order valence-electron chi connectivity index (χ1n) is 7.50. The highest BCUT2D eigenvalue weighted by atomic mass is 32.2. The summed E-state index contributed by atoms with van der Waals surface area (Å²) < 4.78 is 15.3. The summed E-state index contributed by atoms with van der Waals surface area (Å²) in [6, 6.07) is 6.73. The van der Waals surface area contributed by atoms with Gasteiger partial charge >= 0.3 is 0 Å². The molecule has 1 fully saturated rings. The minimum atomic E-state index is -0.186. The van der Waals surface area contributed by atoms with Gasteiger partial charge in [-0.3, -0.25) is 0 Å². The molecule has 0 spiro atoms. The second-order valence-electron chi connectivity index (χ2n) is 5.65. The first-order chi connectivity index (χ1) is 10.2. The second-order valence-corrected chi connectivity index (χ2v) is 6.60. The molecule has 0 unspecified atom stereocenters. The van der Waals surface area contributed by atoms with Gasteiger partial charge in [0.1, 0.15) is 11.6 Å². The summed E-state index contributed by atoms with van der Waals surface area (Å²) in [6.07, 6.45) is 6.38. The molecule has 1 aromatic heterocycles. The molecule has 3 rings (SSSR count). The van der Waals surface area contributed by atoms with Crippen LogP contribution < -0.4 is 0 Å². The molecule has 21 heavy (non-hydrogen) atoms. The molecule has 112 valence electrons. The number of benzene rings is 1. The van der Waals surface area contributed by atoms with Crippen LogP contribution in [0.25, 0.3) is 0 Å². The molecule has 1 heterocycles. The van der Waals surface area contributed by atoms with Gasteiger partial charge in [-0.15, -0.1) is 10.2 Å². The van der Waals surface area contributed by atoms with Crippen LogP contribution in [0.3, 0.4) is 0 Å². The Hall–Kier alpha value is -1.36. The Balaban J connectivity index is 1.67. The third-order valence-electron chi connectivity index (χ3n) is 4.10. The number of halogens is 1. The van der Waals surface area contributed by atoms with Crippen LogP contribution in [0.15, 0.2) is 29.4 Å². The Morgan fingerprint density at radius 3 is 2.81 bits per heavy atom. The van der Waals surface area contributed by atoms with Gasteiger partial charge in [0.05, 0.1) is 0 Å². The van der Waals surface area contributed by atoms with Crippen molar-refractivity contribution in [2.24, 2.45) is 7.05 Å². The molecule has 1 aliphatic rings. The van der Waals surface area contributed by atoms with Crippen molar-refractivity contribution in [3.63, 3.8) is 0 Å². The van der Waals surface area contributed by atoms with Crippen molar-refractivity contribution in [3.8, 4) is 0 Å². The molecule has 1 aliphatic carbocycles. The maximum atomic E-state index is 13.2. The van der Waals surface area contributed by atoms with Gasteiger partial charge in [0, 0.05) is 18.7 Å². The summed E-state index contributed by atoms with van der Waals surface area (Å²) in [5, 5.41) is 9.61. The summed E-state index contributed by atoms with van der Waals surface area (Å²) in [4.78, 5) is 0. The molecule has 5 heteroatoms. The number of nitrogens with zero attached hydrogens (tertiary/aromatic N) is 3. The summed E-state index contributed by atoms with van der Waals surface area (Å²) in [7, 11) is 2.04. The first kappa shape index (κ1) is 14.6. The Labute approximate surface area is 129 Å². The molecule has 0 atom stereocenters. The van der Waals surface area contributed by atoms with E-state index in [9.17, 15) is 4.39 Å². The van der Waals surface area contributed by atoms with Crippen molar-refractivity contribution in [1.29, 1.82) is 0 Å². The van der Waals surface area contributed by atoms with Gasteiger partial charge < -0.3 is 4.57 Å². The van der Waals surface area contributed by atoms with Crippen LogP contribution in [-0.4, -0.2) is 14.8 Å². The van der Waals surface area contributed by atoms with Crippen molar-refractivity contribution >= 4 is 11.8 Å². The molecule has 0 aliphatic heterocycles. The predicted octanol–water partition coefficient (Wildman–Crippen LogP) is 4.29. The Morgan fingerprint density at radius 2 is 2.05 bits per heavy atom. The average Bonchev–Trinajstić information content (AvgIpc) is 2.87. The number of rotatable bonds is 4. The van der Waals surface area contributed by atoms with E-state index in [0.29, 0.717) is 11.7 Å². The molecule has 0 N–H and O–H groups in total. The molecule has 0 bridgehead atoms. The van der Waals surface area contributed by atoms with E-state index in [1.54, 1.807) is 23.9 Å². The average molecular weight is 305 g/mol. The van der Waals surface area contributed by atoms with E-state index in [0.717, 1.165) is 16.5 Å². The molecule has 1 saturated carbocycles. The van der Waals surface area contributed by atoms with Crippen LogP contribution in [0.4, 0.5) is 4.39 Å². The summed E-state index contributed by atoms with van der Waals surface area (Å²) >= 11 is 1.62. The zero-order valence-electron chi connectivity index (χ0n) is 12.3. The molecule has 1 aromatic carbocycles. The SMILES string of the molecule is Cn1c(SCc2cccc(F)c2)nnc1C1CCCCC1. The third-order valence-corrected chi connectivity index (χ3v) is 5.19. The van der Waals surface area contributed by atoms with Crippen LogP contribution >= 0.6 is 11.8 Å². The zero-order chi connectivity index (χ0) is 14.7. The quantitative estimate of drug-likeness (QED) is 0.789. The third kappa shape index (κ3) is 3.46. The summed E-state index contributed by atoms with van der Waals surface area (Å²) in [6.45, 7) is 0. The fourth-order valence-electron chi connectivity index (χ4n) is 2.94. The van der Waals surface area contributed by atoms with Gasteiger partial charge in [-0.1, -0.05) is 43.2 Å². The lowest BCUT2D eigenvalue weighted by Crippen LogP contribution is -2.10. The molecule has 0 radical (unpaired) electrons. The molecular formula is C16H20FN3S.